The molecule has 2 N–H and O–H groups in total. The van der Waals surface area contributed by atoms with E-state index in [0.29, 0.717) is 45.6 Å². The Morgan fingerprint density at radius 1 is 1.12 bits per heavy atom. The molecule has 1 atom stereocenters. The largest absolute Gasteiger partial charge is 0.457 e. The van der Waals surface area contributed by atoms with Crippen molar-refractivity contribution in [3.8, 4) is 11.5 Å². The number of anilines is 3. The molecule has 4 heterocycles. The van der Waals surface area contributed by atoms with Crippen LogP contribution in [0.1, 0.15) is 28.1 Å². The average molecular weight is 543 g/mol. The lowest BCUT2D eigenvalue weighted by Crippen LogP contribution is -2.58. The number of thiophene rings is 1. The minimum Gasteiger partial charge on any atom is -0.457 e. The number of piperidine rings is 1. The zero-order chi connectivity index (χ0) is 28.0. The second-order valence-electron chi connectivity index (χ2n) is 10.1. The Morgan fingerprint density at radius 2 is 1.93 bits per heavy atom. The number of urea groups is 1. The van der Waals surface area contributed by atoms with Crippen LogP contribution in [-0.4, -0.2) is 69.7 Å². The molecule has 2 aromatic carbocycles. The van der Waals surface area contributed by atoms with Crippen LogP contribution in [0.3, 0.4) is 0 Å². The Morgan fingerprint density at radius 3 is 2.67 bits per heavy atom. The molecule has 8 nitrogen and oxygen atoms in total. The Kier molecular flexibility index (Phi) is 6.84. The van der Waals surface area contributed by atoms with Crippen LogP contribution in [0.4, 0.5) is 21.9 Å². The molecule has 1 fully saturated rings. The number of para-hydroxylation sites is 1. The second kappa shape index (κ2) is 10.3. The number of aryl methyl sites for hydroxylation is 1. The summed E-state index contributed by atoms with van der Waals surface area (Å²) < 4.78 is 5.96. The maximum atomic E-state index is 13.5. The third-order valence-corrected chi connectivity index (χ3v) is 8.24. The van der Waals surface area contributed by atoms with Gasteiger partial charge in [-0.15, -0.1) is 11.3 Å². The molecule has 2 aliphatic rings. The van der Waals surface area contributed by atoms with Crippen molar-refractivity contribution in [1.82, 2.24) is 15.2 Å². The number of hydrogen-bond donors (Lipinski definition) is 2. The van der Waals surface area contributed by atoms with Gasteiger partial charge in [0.05, 0.1) is 46.0 Å². The minimum atomic E-state index is -1.45. The summed E-state index contributed by atoms with van der Waals surface area (Å²) in [5, 5.41) is 5.28. The molecule has 6 radical (unpaired) electrons. The molecule has 0 aliphatic carbocycles. The van der Waals surface area contributed by atoms with E-state index >= 15 is 0 Å². The number of carbonyl (C=O) groups excluding carboxylic acids is 2. The molecular formula is C28H24B3N5O3S. The molecular weight excluding hydrogens is 519 g/mol. The zero-order valence-electron chi connectivity index (χ0n) is 21.9. The second-order valence-corrected chi connectivity index (χ2v) is 11.1. The highest BCUT2D eigenvalue weighted by molar-refractivity contribution is 7.21. The highest BCUT2D eigenvalue weighted by Crippen LogP contribution is 2.46. The maximum Gasteiger partial charge on any atom is 0.331 e. The van der Waals surface area contributed by atoms with Gasteiger partial charge in [0, 0.05) is 18.8 Å². The number of pyridine rings is 1. The summed E-state index contributed by atoms with van der Waals surface area (Å²) >= 11 is 1.24. The molecule has 0 bridgehead atoms. The fourth-order valence-corrected chi connectivity index (χ4v) is 6.27. The fourth-order valence-electron chi connectivity index (χ4n) is 5.25. The maximum absolute atomic E-state index is 13.5. The minimum absolute atomic E-state index is 0.184. The van der Waals surface area contributed by atoms with Crippen LogP contribution in [-0.2, 0) is 0 Å². The van der Waals surface area contributed by atoms with Gasteiger partial charge < -0.3 is 20.3 Å². The molecule has 0 spiro atoms. The number of benzene rings is 2. The molecule has 2 aromatic heterocycles. The van der Waals surface area contributed by atoms with Gasteiger partial charge in [-0.1, -0.05) is 23.4 Å². The Hall–Kier alpha value is -3.76. The summed E-state index contributed by atoms with van der Waals surface area (Å²) in [6, 6.07) is 16.3. The predicted octanol–water partition coefficient (Wildman–Crippen LogP) is 4.39. The van der Waals surface area contributed by atoms with E-state index in [9.17, 15) is 9.59 Å². The van der Waals surface area contributed by atoms with Gasteiger partial charge in [-0.05, 0) is 68.3 Å². The highest BCUT2D eigenvalue weighted by Gasteiger charge is 2.34. The summed E-state index contributed by atoms with van der Waals surface area (Å²) in [5.74, 6) is 1.10. The van der Waals surface area contributed by atoms with Gasteiger partial charge in [-0.2, -0.15) is 0 Å². The summed E-state index contributed by atoms with van der Waals surface area (Å²) in [7, 11) is 17.6. The quantitative estimate of drug-likeness (QED) is 0.353. The van der Waals surface area contributed by atoms with E-state index in [1.165, 1.54) is 11.3 Å². The van der Waals surface area contributed by atoms with Crippen LogP contribution in [0.15, 0.2) is 60.8 Å². The van der Waals surface area contributed by atoms with Crippen molar-refractivity contribution in [3.05, 3.63) is 71.2 Å². The number of rotatable bonds is 6. The third-order valence-electron chi connectivity index (χ3n) is 7.14. The van der Waals surface area contributed by atoms with Crippen molar-refractivity contribution in [1.29, 1.82) is 0 Å². The predicted molar refractivity (Wildman–Crippen MR) is 161 cm³/mol. The van der Waals surface area contributed by atoms with E-state index in [1.54, 1.807) is 22.1 Å². The SMILES string of the molecule is [B]C([B])([B])N1CCC[C@@H](NC(=O)c2sc3nccc4c3c2NC(=O)N4c2ccc(Oc3ccccc3)cc2C)C1. The molecule has 194 valence electrons. The number of carbonyl (C=O) groups is 2. The topological polar surface area (TPSA) is 86.8 Å². The van der Waals surface area contributed by atoms with E-state index in [-0.39, 0.29) is 18.0 Å². The van der Waals surface area contributed by atoms with Crippen molar-refractivity contribution in [2.45, 2.75) is 31.0 Å². The number of amides is 3. The van der Waals surface area contributed by atoms with Crippen LogP contribution in [0.25, 0.3) is 10.2 Å². The van der Waals surface area contributed by atoms with E-state index in [4.69, 9.17) is 28.3 Å². The van der Waals surface area contributed by atoms with E-state index in [2.05, 4.69) is 15.6 Å². The van der Waals surface area contributed by atoms with Crippen LogP contribution in [0.2, 0.25) is 0 Å². The smallest absolute Gasteiger partial charge is 0.331 e. The molecule has 0 saturated carbocycles. The van der Waals surface area contributed by atoms with E-state index < -0.39 is 5.24 Å². The average Bonchev–Trinajstić information content (AvgIpc) is 3.29. The molecule has 4 aromatic rings. The van der Waals surface area contributed by atoms with Gasteiger partial charge in [0.15, 0.2) is 0 Å². The Bertz CT molecular complexity index is 1610. The van der Waals surface area contributed by atoms with Crippen molar-refractivity contribution < 1.29 is 14.3 Å². The van der Waals surface area contributed by atoms with Crippen LogP contribution in [0.5, 0.6) is 11.5 Å². The normalized spacial score (nSPS) is 17.5. The van der Waals surface area contributed by atoms with Gasteiger partial charge in [-0.25, -0.2) is 9.78 Å². The van der Waals surface area contributed by atoms with Gasteiger partial charge >= 0.3 is 6.03 Å². The summed E-state index contributed by atoms with van der Waals surface area (Å²) in [6.07, 6.45) is 3.21. The summed E-state index contributed by atoms with van der Waals surface area (Å²) in [6.45, 7) is 3.01. The number of hydrogen-bond acceptors (Lipinski definition) is 6. The monoisotopic (exact) mass is 543 g/mol. The van der Waals surface area contributed by atoms with Crippen LogP contribution >= 0.6 is 11.3 Å². The lowest BCUT2D eigenvalue weighted by Gasteiger charge is -2.43. The Balaban J connectivity index is 1.29. The van der Waals surface area contributed by atoms with Gasteiger partial charge in [0.25, 0.3) is 5.91 Å². The molecule has 12 heteroatoms. The molecule has 3 amide bonds. The molecule has 6 rings (SSSR count). The fraction of sp³-hybridized carbons (Fsp3) is 0.250. The van der Waals surface area contributed by atoms with Crippen molar-refractivity contribution in [2.24, 2.45) is 0 Å². The summed E-state index contributed by atoms with van der Waals surface area (Å²) in [5.41, 5.74) is 2.66. The number of nitrogens with zero attached hydrogens (tertiary/aromatic N) is 3. The number of nitrogens with one attached hydrogen (secondary N) is 2. The first kappa shape index (κ1) is 26.5. The Labute approximate surface area is 240 Å². The first-order chi connectivity index (χ1) is 19.2. The zero-order valence-corrected chi connectivity index (χ0v) is 22.7. The van der Waals surface area contributed by atoms with E-state index in [0.717, 1.165) is 29.5 Å². The molecule has 2 aliphatic heterocycles. The number of aromatic nitrogens is 1. The van der Waals surface area contributed by atoms with E-state index in [1.807, 2.05) is 55.5 Å². The summed E-state index contributed by atoms with van der Waals surface area (Å²) in [4.78, 5) is 35.9. The molecule has 40 heavy (non-hydrogen) atoms. The molecule has 0 unspecified atom stereocenters. The van der Waals surface area contributed by atoms with Gasteiger partial charge in [0.1, 0.15) is 21.2 Å². The van der Waals surface area contributed by atoms with Crippen molar-refractivity contribution >= 4 is 74.1 Å². The first-order valence-electron chi connectivity index (χ1n) is 13.0. The molecule has 1 saturated heterocycles. The van der Waals surface area contributed by atoms with Crippen LogP contribution in [0, 0.1) is 6.92 Å². The van der Waals surface area contributed by atoms with Crippen molar-refractivity contribution in [3.63, 3.8) is 0 Å². The highest BCUT2D eigenvalue weighted by atomic mass is 32.1. The standard InChI is InChI=1S/C28H24B3N5O3S/c1-16-14-19(39-18-7-3-2-4-8-18)9-10-20(16)36-21-11-12-32-26-22(21)23(34-27(36)38)24(40-26)25(37)33-17-6-5-13-35(15-17)28(29,30)31/h2-4,7-12,14,17H,5-6,13,15H2,1H3,(H,33,37)(H,34,38)/t17-/m1/s1. The van der Waals surface area contributed by atoms with Gasteiger partial charge in [-0.3, -0.25) is 9.69 Å². The lowest BCUT2D eigenvalue weighted by molar-refractivity contribution is 0.0907. The van der Waals surface area contributed by atoms with Crippen LogP contribution < -0.4 is 20.3 Å². The number of ether oxygens (including phenoxy) is 1. The number of likely N-dealkylation sites (tertiary alicyclic amines) is 1. The van der Waals surface area contributed by atoms with Gasteiger partial charge in [0.2, 0.25) is 0 Å². The third kappa shape index (κ3) is 4.97. The van der Waals surface area contributed by atoms with Crippen molar-refractivity contribution in [2.75, 3.05) is 23.3 Å². The first-order valence-corrected chi connectivity index (χ1v) is 13.8. The lowest BCUT2D eigenvalue weighted by atomic mass is 9.48.